The van der Waals surface area contributed by atoms with E-state index in [9.17, 15) is 19.2 Å². The number of rotatable bonds is 5. The maximum absolute atomic E-state index is 13.1. The lowest BCUT2D eigenvalue weighted by atomic mass is 10.2. The SMILES string of the molecule is O=C(O[C@@H]1C(=O)N(c2ccc(I)cc2)C(=O)[C@H]1OC(=O)c1ccccc1)c1ccccc1. The average molecular weight is 541 g/mol. The summed E-state index contributed by atoms with van der Waals surface area (Å²) < 4.78 is 11.7. The van der Waals surface area contributed by atoms with Gasteiger partial charge in [0.1, 0.15) is 0 Å². The van der Waals surface area contributed by atoms with Crippen molar-refractivity contribution in [2.45, 2.75) is 12.2 Å². The van der Waals surface area contributed by atoms with Gasteiger partial charge in [0, 0.05) is 3.57 Å². The van der Waals surface area contributed by atoms with Gasteiger partial charge in [-0.1, -0.05) is 36.4 Å². The van der Waals surface area contributed by atoms with Gasteiger partial charge in [-0.2, -0.15) is 0 Å². The molecule has 0 saturated carbocycles. The number of anilines is 1. The van der Waals surface area contributed by atoms with E-state index < -0.39 is 36.0 Å². The van der Waals surface area contributed by atoms with Crippen LogP contribution in [0.2, 0.25) is 0 Å². The molecule has 32 heavy (non-hydrogen) atoms. The number of hydrogen-bond acceptors (Lipinski definition) is 6. The Kier molecular flexibility index (Phi) is 6.31. The summed E-state index contributed by atoms with van der Waals surface area (Å²) in [7, 11) is 0. The minimum atomic E-state index is -1.61. The highest BCUT2D eigenvalue weighted by Gasteiger charge is 2.53. The van der Waals surface area contributed by atoms with Crippen LogP contribution in [0.3, 0.4) is 0 Å². The second-order valence-corrected chi connectivity index (χ2v) is 8.12. The Labute approximate surface area is 197 Å². The molecular weight excluding hydrogens is 525 g/mol. The molecule has 1 fully saturated rings. The normalized spacial score (nSPS) is 17.8. The number of amides is 2. The molecule has 2 atom stereocenters. The summed E-state index contributed by atoms with van der Waals surface area (Å²) in [5, 5.41) is 0. The molecule has 0 bridgehead atoms. The predicted molar refractivity (Wildman–Crippen MR) is 123 cm³/mol. The van der Waals surface area contributed by atoms with Crippen molar-refractivity contribution in [3.8, 4) is 0 Å². The molecule has 1 heterocycles. The van der Waals surface area contributed by atoms with Gasteiger partial charge in [0.15, 0.2) is 0 Å². The first-order chi connectivity index (χ1) is 15.5. The first-order valence-corrected chi connectivity index (χ1v) is 10.7. The zero-order chi connectivity index (χ0) is 22.7. The molecule has 0 N–H and O–H groups in total. The highest BCUT2D eigenvalue weighted by molar-refractivity contribution is 14.1. The van der Waals surface area contributed by atoms with Gasteiger partial charge in [0.05, 0.1) is 16.8 Å². The van der Waals surface area contributed by atoms with E-state index in [1.165, 1.54) is 24.3 Å². The van der Waals surface area contributed by atoms with Crippen LogP contribution in [0.5, 0.6) is 0 Å². The Morgan fingerprint density at radius 2 is 1.06 bits per heavy atom. The summed E-state index contributed by atoms with van der Waals surface area (Å²) in [6, 6.07) is 22.7. The second kappa shape index (κ2) is 9.31. The maximum Gasteiger partial charge on any atom is 0.339 e. The fraction of sp³-hybridized carbons (Fsp3) is 0.0833. The van der Waals surface area contributed by atoms with Crippen LogP contribution in [0, 0.1) is 3.57 Å². The van der Waals surface area contributed by atoms with Crippen molar-refractivity contribution in [2.24, 2.45) is 0 Å². The van der Waals surface area contributed by atoms with Crippen LogP contribution in [0.4, 0.5) is 5.69 Å². The van der Waals surface area contributed by atoms with Crippen molar-refractivity contribution >= 4 is 52.0 Å². The first kappa shape index (κ1) is 21.7. The standard InChI is InChI=1S/C24H16INO6/c25-17-11-13-18(14-12-17)26-21(27)19(31-23(29)15-7-3-1-4-8-15)20(22(26)28)32-24(30)16-9-5-2-6-10-16/h1-14,19-20H/t19-,20-/m0/s1. The fourth-order valence-corrected chi connectivity index (χ4v) is 3.57. The lowest BCUT2D eigenvalue weighted by molar-refractivity contribution is -0.130. The topological polar surface area (TPSA) is 90.0 Å². The van der Waals surface area contributed by atoms with Crippen LogP contribution < -0.4 is 4.90 Å². The number of halogens is 1. The Morgan fingerprint density at radius 3 is 1.47 bits per heavy atom. The minimum absolute atomic E-state index is 0.202. The molecule has 0 radical (unpaired) electrons. The molecule has 0 aliphatic carbocycles. The highest BCUT2D eigenvalue weighted by atomic mass is 127. The molecule has 2 amide bonds. The zero-order valence-corrected chi connectivity index (χ0v) is 18.7. The van der Waals surface area contributed by atoms with E-state index in [1.54, 1.807) is 60.7 Å². The van der Waals surface area contributed by atoms with E-state index >= 15 is 0 Å². The molecule has 1 aliphatic rings. The van der Waals surface area contributed by atoms with Gasteiger partial charge >= 0.3 is 11.9 Å². The Morgan fingerprint density at radius 1 is 0.656 bits per heavy atom. The molecule has 1 aliphatic heterocycles. The average Bonchev–Trinajstić information content (AvgIpc) is 3.04. The quantitative estimate of drug-likeness (QED) is 0.279. The molecule has 7 nitrogen and oxygen atoms in total. The van der Waals surface area contributed by atoms with Crippen molar-refractivity contribution in [1.82, 2.24) is 0 Å². The summed E-state index contributed by atoms with van der Waals surface area (Å²) in [4.78, 5) is 52.3. The molecule has 0 spiro atoms. The highest BCUT2D eigenvalue weighted by Crippen LogP contribution is 2.28. The number of imide groups is 1. The summed E-state index contributed by atoms with van der Waals surface area (Å²) in [5.74, 6) is -3.18. The van der Waals surface area contributed by atoms with Gasteiger partial charge in [-0.15, -0.1) is 0 Å². The van der Waals surface area contributed by atoms with Crippen molar-refractivity contribution in [3.05, 3.63) is 99.6 Å². The van der Waals surface area contributed by atoms with Crippen molar-refractivity contribution in [1.29, 1.82) is 0 Å². The monoisotopic (exact) mass is 541 g/mol. The number of esters is 2. The number of benzene rings is 3. The Balaban J connectivity index is 1.65. The van der Waals surface area contributed by atoms with E-state index in [0.717, 1.165) is 8.47 Å². The lowest BCUT2D eigenvalue weighted by Gasteiger charge is -2.16. The van der Waals surface area contributed by atoms with Crippen LogP contribution in [0.25, 0.3) is 0 Å². The molecular formula is C24H16INO6. The summed E-state index contributed by atoms with van der Waals surface area (Å²) in [6.45, 7) is 0. The molecule has 0 aromatic heterocycles. The lowest BCUT2D eigenvalue weighted by Crippen LogP contribution is -2.37. The third-order valence-corrected chi connectivity index (χ3v) is 5.49. The van der Waals surface area contributed by atoms with E-state index in [0.29, 0.717) is 5.69 Å². The fourth-order valence-electron chi connectivity index (χ4n) is 3.21. The molecule has 160 valence electrons. The predicted octanol–water partition coefficient (Wildman–Crippen LogP) is 3.62. The van der Waals surface area contributed by atoms with Crippen LogP contribution in [-0.4, -0.2) is 36.0 Å². The van der Waals surface area contributed by atoms with Crippen LogP contribution in [-0.2, 0) is 19.1 Å². The molecule has 8 heteroatoms. The number of carbonyl (C=O) groups is 4. The van der Waals surface area contributed by atoms with Gasteiger partial charge in [-0.25, -0.2) is 14.5 Å². The maximum atomic E-state index is 13.1. The smallest absolute Gasteiger partial charge is 0.339 e. The van der Waals surface area contributed by atoms with Crippen molar-refractivity contribution in [3.63, 3.8) is 0 Å². The van der Waals surface area contributed by atoms with E-state index in [4.69, 9.17) is 9.47 Å². The Bertz CT molecular complexity index is 1090. The van der Waals surface area contributed by atoms with E-state index in [2.05, 4.69) is 22.6 Å². The molecule has 3 aromatic rings. The first-order valence-electron chi connectivity index (χ1n) is 9.61. The van der Waals surface area contributed by atoms with Gasteiger partial charge < -0.3 is 9.47 Å². The van der Waals surface area contributed by atoms with Gasteiger partial charge in [-0.3, -0.25) is 9.59 Å². The second-order valence-electron chi connectivity index (χ2n) is 6.87. The van der Waals surface area contributed by atoms with Gasteiger partial charge in [-0.05, 0) is 71.1 Å². The van der Waals surface area contributed by atoms with Crippen LogP contribution in [0.15, 0.2) is 84.9 Å². The third-order valence-electron chi connectivity index (χ3n) is 4.77. The van der Waals surface area contributed by atoms with Crippen LogP contribution >= 0.6 is 22.6 Å². The molecule has 1 saturated heterocycles. The summed E-state index contributed by atoms with van der Waals surface area (Å²) >= 11 is 2.10. The number of ether oxygens (including phenoxy) is 2. The van der Waals surface area contributed by atoms with Gasteiger partial charge in [0.25, 0.3) is 11.8 Å². The van der Waals surface area contributed by atoms with Crippen molar-refractivity contribution in [2.75, 3.05) is 4.90 Å². The summed E-state index contributed by atoms with van der Waals surface area (Å²) in [6.07, 6.45) is -3.22. The molecule has 3 aromatic carbocycles. The third kappa shape index (κ3) is 4.40. The zero-order valence-electron chi connectivity index (χ0n) is 16.5. The van der Waals surface area contributed by atoms with E-state index in [-0.39, 0.29) is 11.1 Å². The molecule has 4 rings (SSSR count). The van der Waals surface area contributed by atoms with Gasteiger partial charge in [0.2, 0.25) is 12.2 Å². The Hall–Kier alpha value is -3.53. The van der Waals surface area contributed by atoms with E-state index in [1.807, 2.05) is 0 Å². The number of nitrogens with zero attached hydrogens (tertiary/aromatic N) is 1. The van der Waals surface area contributed by atoms with Crippen LogP contribution in [0.1, 0.15) is 20.7 Å². The largest absolute Gasteiger partial charge is 0.444 e. The number of carbonyl (C=O) groups excluding carboxylic acids is 4. The number of hydrogen-bond donors (Lipinski definition) is 0. The van der Waals surface area contributed by atoms with Crippen molar-refractivity contribution < 1.29 is 28.7 Å². The molecule has 0 unspecified atom stereocenters. The minimum Gasteiger partial charge on any atom is -0.444 e. The summed E-state index contributed by atoms with van der Waals surface area (Å²) in [5.41, 5.74) is 0.696.